The highest BCUT2D eigenvalue weighted by Crippen LogP contribution is 2.36. The van der Waals surface area contributed by atoms with Crippen molar-refractivity contribution in [3.8, 4) is 0 Å². The minimum Gasteiger partial charge on any atom is -0.332 e. The number of nitrogens with one attached hydrogen (secondary N) is 1. The van der Waals surface area contributed by atoms with Gasteiger partial charge in [0.15, 0.2) is 0 Å². The van der Waals surface area contributed by atoms with Gasteiger partial charge in [-0.25, -0.2) is 4.39 Å². The second-order valence-corrected chi connectivity index (χ2v) is 8.07. The summed E-state index contributed by atoms with van der Waals surface area (Å²) in [6.07, 6.45) is 1.92. The molecule has 0 radical (unpaired) electrons. The average Bonchev–Trinajstić information content (AvgIpc) is 2.97. The summed E-state index contributed by atoms with van der Waals surface area (Å²) in [5.74, 6) is -1.08. The van der Waals surface area contributed by atoms with Gasteiger partial charge in [0.2, 0.25) is 5.91 Å². The first kappa shape index (κ1) is 19.7. The fourth-order valence-electron chi connectivity index (χ4n) is 2.57. The Kier molecular flexibility index (Phi) is 6.04. The lowest BCUT2D eigenvalue weighted by atomic mass is 10.2. The monoisotopic (exact) mass is 422 g/mol. The smallest absolute Gasteiger partial charge is 0.265 e. The molecule has 0 aliphatic carbocycles. The number of fused-ring (bicyclic) bond motifs is 1. The van der Waals surface area contributed by atoms with Crippen LogP contribution < -0.4 is 5.32 Å². The first-order valence-corrected chi connectivity index (χ1v) is 10.4. The summed E-state index contributed by atoms with van der Waals surface area (Å²) in [5.41, 5.74) is 0.700. The van der Waals surface area contributed by atoms with Gasteiger partial charge in [-0.1, -0.05) is 23.7 Å². The molecule has 1 aromatic heterocycles. The van der Waals surface area contributed by atoms with Gasteiger partial charge in [0, 0.05) is 22.0 Å². The summed E-state index contributed by atoms with van der Waals surface area (Å²) in [4.78, 5) is 27.6. The molecule has 27 heavy (non-hydrogen) atoms. The maximum Gasteiger partial charge on any atom is 0.265 e. The van der Waals surface area contributed by atoms with Crippen LogP contribution in [-0.2, 0) is 4.79 Å². The van der Waals surface area contributed by atoms with Crippen LogP contribution in [0.5, 0.6) is 0 Å². The van der Waals surface area contributed by atoms with Gasteiger partial charge in [0.1, 0.15) is 10.7 Å². The lowest BCUT2D eigenvalue weighted by Crippen LogP contribution is -2.34. The van der Waals surface area contributed by atoms with Gasteiger partial charge >= 0.3 is 0 Å². The number of hydrogen-bond acceptors (Lipinski definition) is 4. The molecule has 1 heterocycles. The molecule has 2 aromatic carbocycles. The van der Waals surface area contributed by atoms with Crippen molar-refractivity contribution in [2.75, 3.05) is 25.2 Å². The van der Waals surface area contributed by atoms with Crippen molar-refractivity contribution >= 4 is 62.3 Å². The van der Waals surface area contributed by atoms with Gasteiger partial charge in [-0.05, 0) is 36.6 Å². The van der Waals surface area contributed by atoms with E-state index in [-0.39, 0.29) is 34.1 Å². The van der Waals surface area contributed by atoms with E-state index in [1.54, 1.807) is 6.07 Å². The Labute approximate surface area is 169 Å². The molecular weight excluding hydrogens is 407 g/mol. The summed E-state index contributed by atoms with van der Waals surface area (Å²) in [7, 11) is 1.53. The van der Waals surface area contributed by atoms with Gasteiger partial charge in [0.05, 0.1) is 17.3 Å². The molecule has 8 heteroatoms. The van der Waals surface area contributed by atoms with Crippen molar-refractivity contribution in [3.63, 3.8) is 0 Å². The highest BCUT2D eigenvalue weighted by Gasteiger charge is 2.22. The number of rotatable bonds is 5. The molecule has 0 saturated carbocycles. The van der Waals surface area contributed by atoms with Crippen molar-refractivity contribution in [1.29, 1.82) is 0 Å². The van der Waals surface area contributed by atoms with Crippen molar-refractivity contribution in [2.24, 2.45) is 0 Å². The molecule has 0 spiro atoms. The largest absolute Gasteiger partial charge is 0.332 e. The number of anilines is 1. The first-order chi connectivity index (χ1) is 12.9. The Morgan fingerprint density at radius 3 is 2.74 bits per heavy atom. The molecule has 2 amide bonds. The molecule has 3 rings (SSSR count). The standard InChI is InChI=1S/C19H16ClFN2O2S2/c1-23(10-16(24)22-13-5-3-4-6-14(13)26-2)19(25)18-17(20)12-8-7-11(21)9-15(12)27-18/h3-9H,10H2,1-2H3,(H,22,24). The molecule has 0 unspecified atom stereocenters. The van der Waals surface area contributed by atoms with E-state index in [9.17, 15) is 14.0 Å². The molecule has 0 bridgehead atoms. The third kappa shape index (κ3) is 4.26. The number of para-hydroxylation sites is 1. The number of thiophene rings is 1. The summed E-state index contributed by atoms with van der Waals surface area (Å²) in [5, 5.41) is 3.72. The fraction of sp³-hybridized carbons (Fsp3) is 0.158. The Morgan fingerprint density at radius 1 is 1.26 bits per heavy atom. The molecule has 0 saturated heterocycles. The number of likely N-dealkylation sites (N-methyl/N-ethyl adjacent to an activating group) is 1. The van der Waals surface area contributed by atoms with Crippen LogP contribution >= 0.6 is 34.7 Å². The minimum atomic E-state index is -0.389. The second-order valence-electron chi connectivity index (χ2n) is 5.80. The molecule has 0 fully saturated rings. The van der Waals surface area contributed by atoms with Crippen LogP contribution in [0.15, 0.2) is 47.4 Å². The number of nitrogens with zero attached hydrogens (tertiary/aromatic N) is 1. The lowest BCUT2D eigenvalue weighted by Gasteiger charge is -2.17. The first-order valence-electron chi connectivity index (χ1n) is 7.96. The quantitative estimate of drug-likeness (QED) is 0.580. The SMILES string of the molecule is CSc1ccccc1NC(=O)CN(C)C(=O)c1sc2cc(F)ccc2c1Cl. The predicted molar refractivity (Wildman–Crippen MR) is 111 cm³/mol. The summed E-state index contributed by atoms with van der Waals surface area (Å²) in [6, 6.07) is 11.6. The third-order valence-electron chi connectivity index (χ3n) is 3.89. The van der Waals surface area contributed by atoms with Crippen LogP contribution in [-0.4, -0.2) is 36.6 Å². The molecule has 140 valence electrons. The van der Waals surface area contributed by atoms with Gasteiger partial charge in [-0.2, -0.15) is 0 Å². The van der Waals surface area contributed by atoms with Crippen molar-refractivity contribution in [1.82, 2.24) is 4.90 Å². The van der Waals surface area contributed by atoms with Crippen LogP contribution in [0.4, 0.5) is 10.1 Å². The molecule has 0 aliphatic heterocycles. The number of carbonyl (C=O) groups excluding carboxylic acids is 2. The van der Waals surface area contributed by atoms with Crippen molar-refractivity contribution in [2.45, 2.75) is 4.90 Å². The number of hydrogen-bond donors (Lipinski definition) is 1. The van der Waals surface area contributed by atoms with Gasteiger partial charge in [-0.15, -0.1) is 23.1 Å². The van der Waals surface area contributed by atoms with E-state index in [1.165, 1.54) is 35.8 Å². The Hall–Kier alpha value is -2.09. The summed E-state index contributed by atoms with van der Waals surface area (Å²) in [6.45, 7) is -0.125. The molecule has 4 nitrogen and oxygen atoms in total. The highest BCUT2D eigenvalue weighted by atomic mass is 35.5. The van der Waals surface area contributed by atoms with E-state index in [0.717, 1.165) is 16.2 Å². The van der Waals surface area contributed by atoms with E-state index in [0.29, 0.717) is 15.8 Å². The Balaban J connectivity index is 1.74. The van der Waals surface area contributed by atoms with Crippen LogP contribution in [0.2, 0.25) is 5.02 Å². The molecule has 0 aliphatic rings. The second kappa shape index (κ2) is 8.29. The molecule has 1 N–H and O–H groups in total. The van der Waals surface area contributed by atoms with Gasteiger partial charge in [0.25, 0.3) is 5.91 Å². The van der Waals surface area contributed by atoms with Gasteiger partial charge < -0.3 is 10.2 Å². The average molecular weight is 423 g/mol. The number of halogens is 2. The minimum absolute atomic E-state index is 0.125. The maximum absolute atomic E-state index is 13.4. The normalized spacial score (nSPS) is 10.8. The zero-order valence-corrected chi connectivity index (χ0v) is 17.0. The molecule has 0 atom stereocenters. The zero-order valence-electron chi connectivity index (χ0n) is 14.6. The van der Waals surface area contributed by atoms with Crippen LogP contribution in [0.1, 0.15) is 9.67 Å². The van der Waals surface area contributed by atoms with Crippen LogP contribution in [0.3, 0.4) is 0 Å². The summed E-state index contributed by atoms with van der Waals surface area (Å²) >= 11 is 8.93. The highest BCUT2D eigenvalue weighted by molar-refractivity contribution is 7.98. The van der Waals surface area contributed by atoms with E-state index in [4.69, 9.17) is 11.6 Å². The van der Waals surface area contributed by atoms with E-state index in [2.05, 4.69) is 5.32 Å². The number of benzene rings is 2. The topological polar surface area (TPSA) is 49.4 Å². The van der Waals surface area contributed by atoms with E-state index in [1.807, 2.05) is 30.5 Å². The fourth-order valence-corrected chi connectivity index (χ4v) is 4.66. The van der Waals surface area contributed by atoms with Gasteiger partial charge in [-0.3, -0.25) is 9.59 Å². The molecule has 3 aromatic rings. The zero-order chi connectivity index (χ0) is 19.6. The Bertz CT molecular complexity index is 1020. The van der Waals surface area contributed by atoms with E-state index < -0.39 is 0 Å². The van der Waals surface area contributed by atoms with Crippen LogP contribution in [0, 0.1) is 5.82 Å². The Morgan fingerprint density at radius 2 is 2.00 bits per heavy atom. The number of thioether (sulfide) groups is 1. The van der Waals surface area contributed by atoms with E-state index >= 15 is 0 Å². The van der Waals surface area contributed by atoms with Crippen LogP contribution in [0.25, 0.3) is 10.1 Å². The maximum atomic E-state index is 13.4. The predicted octanol–water partition coefficient (Wildman–Crippen LogP) is 5.13. The lowest BCUT2D eigenvalue weighted by molar-refractivity contribution is -0.116. The number of carbonyl (C=O) groups is 2. The summed E-state index contributed by atoms with van der Waals surface area (Å²) < 4.78 is 14.0. The third-order valence-corrected chi connectivity index (χ3v) is 6.34. The van der Waals surface area contributed by atoms with Crippen molar-refractivity contribution < 1.29 is 14.0 Å². The van der Waals surface area contributed by atoms with Crippen molar-refractivity contribution in [3.05, 3.63) is 58.2 Å². The number of amides is 2. The molecular formula is C19H16ClFN2O2S2.